The molecule has 0 aromatic heterocycles. The second kappa shape index (κ2) is 8.29. The first-order chi connectivity index (χ1) is 19.1. The van der Waals surface area contributed by atoms with E-state index in [0.717, 1.165) is 12.8 Å². The van der Waals surface area contributed by atoms with E-state index in [2.05, 4.69) is 135 Å². The van der Waals surface area contributed by atoms with Crippen LogP contribution >= 0.6 is 0 Å². The quantitative estimate of drug-likeness (QED) is 0.223. The van der Waals surface area contributed by atoms with Gasteiger partial charge in [0.05, 0.1) is 0 Å². The van der Waals surface area contributed by atoms with Crippen LogP contribution in [0.3, 0.4) is 0 Å². The van der Waals surface area contributed by atoms with Crippen molar-refractivity contribution in [3.63, 3.8) is 0 Å². The topological polar surface area (TPSA) is 0 Å². The van der Waals surface area contributed by atoms with Crippen LogP contribution in [-0.2, 0) is 18.3 Å². The lowest BCUT2D eigenvalue weighted by Gasteiger charge is -2.23. The molecule has 0 amide bonds. The summed E-state index contributed by atoms with van der Waals surface area (Å²) < 4.78 is 0. The second-order valence-electron chi connectivity index (χ2n) is 11.7. The monoisotopic (exact) mass is 498 g/mol. The molecule has 6 aromatic carbocycles. The van der Waals surface area contributed by atoms with Crippen molar-refractivity contribution in [2.45, 2.75) is 32.1 Å². The summed E-state index contributed by atoms with van der Waals surface area (Å²) in [5, 5.41) is 2.57. The molecule has 186 valence electrons. The highest BCUT2D eigenvalue weighted by molar-refractivity contribution is 5.90. The Kier molecular flexibility index (Phi) is 4.79. The van der Waals surface area contributed by atoms with Crippen LogP contribution in [0.25, 0.3) is 55.3 Å². The Morgan fingerprint density at radius 2 is 0.923 bits per heavy atom. The highest BCUT2D eigenvalue weighted by Crippen LogP contribution is 2.51. The van der Waals surface area contributed by atoms with E-state index in [0.29, 0.717) is 0 Å². The lowest BCUT2D eigenvalue weighted by molar-refractivity contribution is 0.661. The number of rotatable bonds is 2. The summed E-state index contributed by atoms with van der Waals surface area (Å²) in [7, 11) is 0. The van der Waals surface area contributed by atoms with Crippen molar-refractivity contribution in [2.75, 3.05) is 0 Å². The average Bonchev–Trinajstić information content (AvgIpc) is 3.22. The molecule has 0 unspecified atom stereocenters. The molecule has 0 saturated heterocycles. The minimum atomic E-state index is -0.0549. The molecule has 39 heavy (non-hydrogen) atoms. The van der Waals surface area contributed by atoms with Gasteiger partial charge in [0, 0.05) is 5.41 Å². The summed E-state index contributed by atoms with van der Waals surface area (Å²) in [6.07, 6.45) is 2.23. The lowest BCUT2D eigenvalue weighted by atomic mass is 9.80. The molecule has 8 rings (SSSR count). The van der Waals surface area contributed by atoms with Crippen molar-refractivity contribution >= 4 is 10.8 Å². The van der Waals surface area contributed by atoms with Gasteiger partial charge in [0.2, 0.25) is 0 Å². The van der Waals surface area contributed by atoms with Crippen LogP contribution in [0, 0.1) is 0 Å². The number of hydrogen-bond donors (Lipinski definition) is 0. The van der Waals surface area contributed by atoms with Crippen LogP contribution in [0.2, 0.25) is 0 Å². The molecule has 6 aromatic rings. The van der Waals surface area contributed by atoms with Gasteiger partial charge in [-0.3, -0.25) is 0 Å². The zero-order valence-electron chi connectivity index (χ0n) is 22.5. The molecule has 2 aliphatic rings. The van der Waals surface area contributed by atoms with Crippen LogP contribution in [0.5, 0.6) is 0 Å². The van der Waals surface area contributed by atoms with Crippen LogP contribution in [0.1, 0.15) is 36.1 Å². The normalized spacial score (nSPS) is 14.4. The molecular weight excluding hydrogens is 468 g/mol. The maximum atomic E-state index is 2.45. The Labute approximate surface area is 230 Å². The minimum Gasteiger partial charge on any atom is -0.0620 e. The maximum Gasteiger partial charge on any atom is 0.0159 e. The third-order valence-electron chi connectivity index (χ3n) is 9.17. The molecule has 0 nitrogen and oxygen atoms in total. The van der Waals surface area contributed by atoms with Gasteiger partial charge in [-0.1, -0.05) is 117 Å². The fraction of sp³-hybridized carbons (Fsp3) is 0.128. The van der Waals surface area contributed by atoms with Gasteiger partial charge in [-0.25, -0.2) is 0 Å². The van der Waals surface area contributed by atoms with Crippen molar-refractivity contribution in [1.29, 1.82) is 0 Å². The summed E-state index contributed by atoms with van der Waals surface area (Å²) in [5.41, 5.74) is 16.5. The molecule has 0 saturated carbocycles. The first kappa shape index (κ1) is 22.6. The Bertz CT molecular complexity index is 1930. The molecule has 0 fully saturated rings. The van der Waals surface area contributed by atoms with E-state index >= 15 is 0 Å². The zero-order valence-corrected chi connectivity index (χ0v) is 22.5. The molecule has 0 radical (unpaired) electrons. The SMILES string of the molecule is CC1(C)c2cc(-c3ccc4c(c3)CCc3ccccc3-4)ccc2-c2ccc(-c3ccc4ccccc4c3)cc21. The van der Waals surface area contributed by atoms with E-state index in [9.17, 15) is 0 Å². The summed E-state index contributed by atoms with van der Waals surface area (Å²) >= 11 is 0. The van der Waals surface area contributed by atoms with E-state index in [-0.39, 0.29) is 5.41 Å². The van der Waals surface area contributed by atoms with Crippen LogP contribution in [0.4, 0.5) is 0 Å². The van der Waals surface area contributed by atoms with Gasteiger partial charge in [0.15, 0.2) is 0 Å². The van der Waals surface area contributed by atoms with Gasteiger partial charge in [-0.2, -0.15) is 0 Å². The molecule has 0 N–H and O–H groups in total. The van der Waals surface area contributed by atoms with Crippen molar-refractivity contribution in [3.8, 4) is 44.5 Å². The molecule has 0 atom stereocenters. The lowest BCUT2D eigenvalue weighted by Crippen LogP contribution is -2.15. The predicted octanol–water partition coefficient (Wildman–Crippen LogP) is 10.2. The van der Waals surface area contributed by atoms with Gasteiger partial charge in [-0.15, -0.1) is 0 Å². The van der Waals surface area contributed by atoms with Crippen molar-refractivity contribution < 1.29 is 0 Å². The Morgan fingerprint density at radius 3 is 1.67 bits per heavy atom. The Balaban J connectivity index is 1.18. The highest BCUT2D eigenvalue weighted by atomic mass is 14.4. The number of aryl methyl sites for hydroxylation is 2. The van der Waals surface area contributed by atoms with Gasteiger partial charge >= 0.3 is 0 Å². The standard InChI is InChI=1S/C39H30/c1-39(2)37-23-30(28-13-11-25-7-3-4-9-27(25)21-28)16-19-35(37)36-20-17-31(24-38(36)39)29-15-18-34-32(22-29)14-12-26-8-5-6-10-33(26)34/h3-11,13,15-24H,12,14H2,1-2H3. The van der Waals surface area contributed by atoms with E-state index in [1.54, 1.807) is 0 Å². The Hall–Kier alpha value is -4.42. The highest BCUT2D eigenvalue weighted by Gasteiger charge is 2.36. The summed E-state index contributed by atoms with van der Waals surface area (Å²) in [6, 6.07) is 45.5. The molecule has 0 heteroatoms. The van der Waals surface area contributed by atoms with Gasteiger partial charge < -0.3 is 0 Å². The average molecular weight is 499 g/mol. The predicted molar refractivity (Wildman–Crippen MR) is 165 cm³/mol. The summed E-state index contributed by atoms with van der Waals surface area (Å²) in [5.74, 6) is 0. The zero-order chi connectivity index (χ0) is 26.1. The first-order valence-electron chi connectivity index (χ1n) is 14.1. The van der Waals surface area contributed by atoms with E-state index in [1.807, 2.05) is 0 Å². The molecule has 0 spiro atoms. The Morgan fingerprint density at radius 1 is 0.410 bits per heavy atom. The largest absolute Gasteiger partial charge is 0.0620 e. The van der Waals surface area contributed by atoms with Crippen molar-refractivity contribution in [3.05, 3.63) is 144 Å². The molecule has 0 aliphatic heterocycles. The van der Waals surface area contributed by atoms with Gasteiger partial charge in [0.25, 0.3) is 0 Å². The molecular formula is C39H30. The van der Waals surface area contributed by atoms with Crippen molar-refractivity contribution in [1.82, 2.24) is 0 Å². The second-order valence-corrected chi connectivity index (χ2v) is 11.7. The third kappa shape index (κ3) is 3.45. The minimum absolute atomic E-state index is 0.0549. The number of hydrogen-bond acceptors (Lipinski definition) is 0. The van der Waals surface area contributed by atoms with E-state index < -0.39 is 0 Å². The summed E-state index contributed by atoms with van der Waals surface area (Å²) in [6.45, 7) is 4.77. The first-order valence-corrected chi connectivity index (χ1v) is 14.1. The van der Waals surface area contributed by atoms with Gasteiger partial charge in [0.1, 0.15) is 0 Å². The number of benzene rings is 6. The van der Waals surface area contributed by atoms with Crippen LogP contribution < -0.4 is 0 Å². The molecule has 0 bridgehead atoms. The molecule has 2 aliphatic carbocycles. The molecule has 0 heterocycles. The smallest absolute Gasteiger partial charge is 0.0159 e. The van der Waals surface area contributed by atoms with Gasteiger partial charge in [-0.05, 0) is 109 Å². The number of fused-ring (bicyclic) bond motifs is 7. The third-order valence-corrected chi connectivity index (χ3v) is 9.17. The van der Waals surface area contributed by atoms with E-state index in [4.69, 9.17) is 0 Å². The van der Waals surface area contributed by atoms with E-state index in [1.165, 1.54) is 77.5 Å². The van der Waals surface area contributed by atoms with Crippen molar-refractivity contribution in [2.24, 2.45) is 0 Å². The maximum absolute atomic E-state index is 2.45. The fourth-order valence-corrected chi connectivity index (χ4v) is 6.98. The summed E-state index contributed by atoms with van der Waals surface area (Å²) in [4.78, 5) is 0. The fourth-order valence-electron chi connectivity index (χ4n) is 6.98. The van der Waals surface area contributed by atoms with Crippen LogP contribution in [0.15, 0.2) is 121 Å². The van der Waals surface area contributed by atoms with Crippen LogP contribution in [-0.4, -0.2) is 0 Å².